The van der Waals surface area contributed by atoms with Crippen LogP contribution in [0.1, 0.15) is 43.7 Å². The van der Waals surface area contributed by atoms with Crippen molar-refractivity contribution in [2.45, 2.75) is 39.5 Å². The third kappa shape index (κ3) is 2.78. The van der Waals surface area contributed by atoms with E-state index in [1.807, 2.05) is 0 Å². The van der Waals surface area contributed by atoms with Crippen LogP contribution in [0.3, 0.4) is 0 Å². The third-order valence-electron chi connectivity index (χ3n) is 5.04. The van der Waals surface area contributed by atoms with Gasteiger partial charge in [-0.1, -0.05) is 43.7 Å². The van der Waals surface area contributed by atoms with Gasteiger partial charge in [-0.3, -0.25) is 0 Å². The molecule has 2 heteroatoms. The summed E-state index contributed by atoms with van der Waals surface area (Å²) in [6.07, 6.45) is 2.72. The summed E-state index contributed by atoms with van der Waals surface area (Å²) < 4.78 is 0. The summed E-state index contributed by atoms with van der Waals surface area (Å²) in [5.74, 6) is 3.35. The summed E-state index contributed by atoms with van der Waals surface area (Å²) in [6, 6.07) is 9.20. The third-order valence-corrected chi connectivity index (χ3v) is 6.81. The Bertz CT molecular complexity index is 478. The van der Waals surface area contributed by atoms with Gasteiger partial charge in [0.25, 0.3) is 0 Å². The minimum absolute atomic E-state index is 0.488. The molecule has 0 bridgehead atoms. The molecule has 110 valence electrons. The van der Waals surface area contributed by atoms with E-state index in [0.29, 0.717) is 16.7 Å². The zero-order valence-corrected chi connectivity index (χ0v) is 13.9. The topological polar surface area (TPSA) is 12.0 Å². The molecule has 1 aromatic rings. The molecule has 2 unspecified atom stereocenters. The van der Waals surface area contributed by atoms with Crippen LogP contribution in [0, 0.1) is 17.8 Å². The normalized spacial score (nSPS) is 33.2. The molecular formula is C18H27NS. The number of aryl methyl sites for hydroxylation is 1. The van der Waals surface area contributed by atoms with E-state index in [9.17, 15) is 0 Å². The van der Waals surface area contributed by atoms with E-state index in [-0.39, 0.29) is 0 Å². The molecular weight excluding hydrogens is 262 g/mol. The summed E-state index contributed by atoms with van der Waals surface area (Å²) in [4.78, 5) is 0. The van der Waals surface area contributed by atoms with Gasteiger partial charge in [-0.05, 0) is 54.2 Å². The van der Waals surface area contributed by atoms with Crippen LogP contribution in [-0.4, -0.2) is 24.6 Å². The average molecular weight is 289 g/mol. The van der Waals surface area contributed by atoms with Gasteiger partial charge in [-0.15, -0.1) is 0 Å². The highest BCUT2D eigenvalue weighted by molar-refractivity contribution is 7.99. The van der Waals surface area contributed by atoms with Crippen molar-refractivity contribution in [1.29, 1.82) is 0 Å². The molecule has 2 aliphatic heterocycles. The molecule has 1 aromatic carbocycles. The fourth-order valence-corrected chi connectivity index (χ4v) is 5.91. The number of hydrogen-bond donors (Lipinski definition) is 1. The second-order valence-electron chi connectivity index (χ2n) is 7.62. The largest absolute Gasteiger partial charge is 0.316 e. The molecule has 3 rings (SSSR count). The standard InChI is InChI=1S/C18H27NS/c1-14-5-4-6-15(9-14)16-10-19-8-7-18(16)11-17(2,3)12-20-13-18/h4-6,9,16,19H,7-8,10-13H2,1-3H3. The van der Waals surface area contributed by atoms with Gasteiger partial charge in [-0.2, -0.15) is 11.8 Å². The quantitative estimate of drug-likeness (QED) is 0.830. The van der Waals surface area contributed by atoms with Crippen LogP contribution in [0.4, 0.5) is 0 Å². The Kier molecular flexibility index (Phi) is 3.89. The average Bonchev–Trinajstić information content (AvgIpc) is 2.37. The smallest absolute Gasteiger partial charge is 0.00286 e. The van der Waals surface area contributed by atoms with Gasteiger partial charge in [0, 0.05) is 12.5 Å². The van der Waals surface area contributed by atoms with E-state index in [0.717, 1.165) is 6.54 Å². The number of benzene rings is 1. The van der Waals surface area contributed by atoms with Crippen molar-refractivity contribution in [3.05, 3.63) is 35.4 Å². The second kappa shape index (κ2) is 5.38. The molecule has 1 nitrogen and oxygen atoms in total. The van der Waals surface area contributed by atoms with Crippen molar-refractivity contribution >= 4 is 11.8 Å². The minimum atomic E-state index is 0.488. The van der Waals surface area contributed by atoms with E-state index in [1.54, 1.807) is 5.56 Å². The van der Waals surface area contributed by atoms with Crippen LogP contribution in [0.15, 0.2) is 24.3 Å². The second-order valence-corrected chi connectivity index (χ2v) is 8.60. The minimum Gasteiger partial charge on any atom is -0.316 e. The molecule has 0 aliphatic carbocycles. The molecule has 2 aliphatic rings. The molecule has 2 fully saturated rings. The monoisotopic (exact) mass is 289 g/mol. The zero-order chi connectivity index (χ0) is 14.2. The molecule has 1 N–H and O–H groups in total. The van der Waals surface area contributed by atoms with Crippen LogP contribution in [0.2, 0.25) is 0 Å². The number of rotatable bonds is 1. The van der Waals surface area contributed by atoms with Crippen molar-refractivity contribution in [1.82, 2.24) is 5.32 Å². The van der Waals surface area contributed by atoms with E-state index in [2.05, 4.69) is 62.1 Å². The SMILES string of the molecule is Cc1cccc(C2CNCCC23CSCC(C)(C)C3)c1. The summed E-state index contributed by atoms with van der Waals surface area (Å²) >= 11 is 2.18. The van der Waals surface area contributed by atoms with Crippen molar-refractivity contribution in [3.63, 3.8) is 0 Å². The number of piperidine rings is 1. The molecule has 0 aromatic heterocycles. The molecule has 2 saturated heterocycles. The van der Waals surface area contributed by atoms with E-state index in [1.165, 1.54) is 36.5 Å². The van der Waals surface area contributed by atoms with Crippen LogP contribution < -0.4 is 5.32 Å². The Morgan fingerprint density at radius 2 is 2.10 bits per heavy atom. The maximum absolute atomic E-state index is 3.64. The summed E-state index contributed by atoms with van der Waals surface area (Å²) in [5, 5.41) is 3.64. The molecule has 0 saturated carbocycles. The first-order chi connectivity index (χ1) is 9.51. The first kappa shape index (κ1) is 14.5. The number of thioether (sulfide) groups is 1. The van der Waals surface area contributed by atoms with Gasteiger partial charge in [-0.25, -0.2) is 0 Å². The Balaban J connectivity index is 1.94. The summed E-state index contributed by atoms with van der Waals surface area (Å²) in [7, 11) is 0. The first-order valence-electron chi connectivity index (χ1n) is 7.86. The van der Waals surface area contributed by atoms with Gasteiger partial charge in [0.05, 0.1) is 0 Å². The lowest BCUT2D eigenvalue weighted by Crippen LogP contribution is -2.49. The molecule has 2 heterocycles. The highest BCUT2D eigenvalue weighted by atomic mass is 32.2. The van der Waals surface area contributed by atoms with Gasteiger partial charge in [0.2, 0.25) is 0 Å². The maximum Gasteiger partial charge on any atom is 0.00286 e. The van der Waals surface area contributed by atoms with Crippen molar-refractivity contribution < 1.29 is 0 Å². The fraction of sp³-hybridized carbons (Fsp3) is 0.667. The Labute approximate surface area is 127 Å². The van der Waals surface area contributed by atoms with E-state index >= 15 is 0 Å². The van der Waals surface area contributed by atoms with Gasteiger partial charge >= 0.3 is 0 Å². The van der Waals surface area contributed by atoms with Crippen LogP contribution in [0.25, 0.3) is 0 Å². The van der Waals surface area contributed by atoms with Gasteiger partial charge in [0.15, 0.2) is 0 Å². The van der Waals surface area contributed by atoms with Crippen molar-refractivity contribution in [3.8, 4) is 0 Å². The van der Waals surface area contributed by atoms with Crippen LogP contribution in [-0.2, 0) is 0 Å². The Morgan fingerprint density at radius 3 is 2.85 bits per heavy atom. The Morgan fingerprint density at radius 1 is 1.25 bits per heavy atom. The molecule has 0 radical (unpaired) electrons. The van der Waals surface area contributed by atoms with Crippen LogP contribution >= 0.6 is 11.8 Å². The molecule has 0 amide bonds. The highest BCUT2D eigenvalue weighted by Gasteiger charge is 2.47. The highest BCUT2D eigenvalue weighted by Crippen LogP contribution is 2.54. The summed E-state index contributed by atoms with van der Waals surface area (Å²) in [5.41, 5.74) is 3.94. The zero-order valence-electron chi connectivity index (χ0n) is 13.0. The number of hydrogen-bond acceptors (Lipinski definition) is 2. The summed E-state index contributed by atoms with van der Waals surface area (Å²) in [6.45, 7) is 9.47. The molecule has 1 spiro atoms. The Hall–Kier alpha value is -0.470. The van der Waals surface area contributed by atoms with Crippen LogP contribution in [0.5, 0.6) is 0 Å². The maximum atomic E-state index is 3.64. The van der Waals surface area contributed by atoms with Crippen molar-refractivity contribution in [2.75, 3.05) is 24.6 Å². The van der Waals surface area contributed by atoms with Gasteiger partial charge < -0.3 is 5.32 Å². The molecule has 20 heavy (non-hydrogen) atoms. The fourth-order valence-electron chi connectivity index (χ4n) is 4.30. The lowest BCUT2D eigenvalue weighted by Gasteiger charge is -2.51. The predicted molar refractivity (Wildman–Crippen MR) is 89.6 cm³/mol. The van der Waals surface area contributed by atoms with Gasteiger partial charge in [0.1, 0.15) is 0 Å². The first-order valence-corrected chi connectivity index (χ1v) is 9.01. The number of nitrogens with one attached hydrogen (secondary N) is 1. The van der Waals surface area contributed by atoms with E-state index in [4.69, 9.17) is 0 Å². The van der Waals surface area contributed by atoms with Crippen molar-refractivity contribution in [2.24, 2.45) is 10.8 Å². The van der Waals surface area contributed by atoms with E-state index < -0.39 is 0 Å². The lowest BCUT2D eigenvalue weighted by molar-refractivity contribution is 0.115. The predicted octanol–water partition coefficient (Wildman–Crippen LogP) is 4.22. The lowest BCUT2D eigenvalue weighted by atomic mass is 9.62. The molecule has 2 atom stereocenters.